The zero-order valence-electron chi connectivity index (χ0n) is 15.6. The number of thioether (sulfide) groups is 1. The summed E-state index contributed by atoms with van der Waals surface area (Å²) in [4.78, 5) is 17.1. The van der Waals surface area contributed by atoms with Gasteiger partial charge >= 0.3 is 0 Å². The third-order valence-electron chi connectivity index (χ3n) is 4.96. The van der Waals surface area contributed by atoms with Crippen molar-refractivity contribution >= 4 is 44.0 Å². The Balaban J connectivity index is 1.44. The van der Waals surface area contributed by atoms with Crippen LogP contribution in [0.1, 0.15) is 21.5 Å². The van der Waals surface area contributed by atoms with Crippen LogP contribution in [0.3, 0.4) is 0 Å². The number of anilines is 2. The summed E-state index contributed by atoms with van der Waals surface area (Å²) in [7, 11) is -2.96. The van der Waals surface area contributed by atoms with E-state index in [1.807, 2.05) is 44.2 Å². The van der Waals surface area contributed by atoms with Gasteiger partial charge in [-0.3, -0.25) is 9.79 Å². The number of hydrogen-bond acceptors (Lipinski definition) is 6. The SMILES string of the molecule is Cc1ccc(NC(=O)c2cccc(NC3=N[C@@H]4CS(=O)(=O)C[C@@H]4S3)c2)cc1C. The Labute approximate surface area is 168 Å². The van der Waals surface area contributed by atoms with Gasteiger partial charge in [0.25, 0.3) is 5.91 Å². The first-order valence-electron chi connectivity index (χ1n) is 9.00. The molecule has 0 saturated carbocycles. The number of rotatable bonds is 3. The average Bonchev–Trinajstić information content (AvgIpc) is 3.11. The van der Waals surface area contributed by atoms with Crippen molar-refractivity contribution in [1.29, 1.82) is 0 Å². The molecule has 146 valence electrons. The first-order chi connectivity index (χ1) is 13.3. The van der Waals surface area contributed by atoms with Crippen molar-refractivity contribution in [3.05, 3.63) is 59.2 Å². The fraction of sp³-hybridized carbons (Fsp3) is 0.300. The van der Waals surface area contributed by atoms with Crippen LogP contribution >= 0.6 is 11.8 Å². The van der Waals surface area contributed by atoms with E-state index in [1.54, 1.807) is 12.1 Å². The van der Waals surface area contributed by atoms with Crippen molar-refractivity contribution in [1.82, 2.24) is 0 Å². The summed E-state index contributed by atoms with van der Waals surface area (Å²) in [6, 6.07) is 12.8. The van der Waals surface area contributed by atoms with Crippen LogP contribution in [0, 0.1) is 13.8 Å². The van der Waals surface area contributed by atoms with Crippen LogP contribution in [0.5, 0.6) is 0 Å². The normalized spacial score (nSPS) is 22.4. The number of amidine groups is 1. The summed E-state index contributed by atoms with van der Waals surface area (Å²) in [6.45, 7) is 4.04. The zero-order valence-corrected chi connectivity index (χ0v) is 17.2. The monoisotopic (exact) mass is 415 g/mol. The van der Waals surface area contributed by atoms with Crippen molar-refractivity contribution in [3.63, 3.8) is 0 Å². The van der Waals surface area contributed by atoms with Gasteiger partial charge in [0.15, 0.2) is 15.0 Å². The van der Waals surface area contributed by atoms with Gasteiger partial charge in [-0.25, -0.2) is 8.42 Å². The highest BCUT2D eigenvalue weighted by Crippen LogP contribution is 2.34. The van der Waals surface area contributed by atoms with Gasteiger partial charge in [0.1, 0.15) is 0 Å². The summed E-state index contributed by atoms with van der Waals surface area (Å²) in [5, 5.41) is 6.83. The van der Waals surface area contributed by atoms with Crippen LogP contribution in [0.4, 0.5) is 11.4 Å². The number of aryl methyl sites for hydroxylation is 2. The molecule has 2 aromatic carbocycles. The van der Waals surface area contributed by atoms with Gasteiger partial charge in [0.2, 0.25) is 0 Å². The summed E-state index contributed by atoms with van der Waals surface area (Å²) in [5.74, 6) is 0.111. The molecule has 0 aliphatic carbocycles. The Hall–Kier alpha value is -2.32. The molecule has 4 rings (SSSR count). The predicted octanol–water partition coefficient (Wildman–Crippen LogP) is 3.24. The van der Waals surface area contributed by atoms with E-state index in [1.165, 1.54) is 17.3 Å². The minimum atomic E-state index is -2.96. The molecule has 2 aliphatic rings. The molecule has 0 bridgehead atoms. The van der Waals surface area contributed by atoms with E-state index in [4.69, 9.17) is 0 Å². The van der Waals surface area contributed by atoms with E-state index in [0.29, 0.717) is 10.7 Å². The number of carbonyl (C=O) groups excluding carboxylic acids is 1. The molecule has 1 fully saturated rings. The Kier molecular flexibility index (Phi) is 4.93. The number of sulfone groups is 1. The maximum absolute atomic E-state index is 12.6. The van der Waals surface area contributed by atoms with Crippen LogP contribution in [0.2, 0.25) is 0 Å². The maximum atomic E-state index is 12.6. The van der Waals surface area contributed by atoms with Crippen molar-refractivity contribution in [2.24, 2.45) is 4.99 Å². The van der Waals surface area contributed by atoms with Gasteiger partial charge in [-0.1, -0.05) is 23.9 Å². The van der Waals surface area contributed by atoms with Crippen molar-refractivity contribution < 1.29 is 13.2 Å². The lowest BCUT2D eigenvalue weighted by atomic mass is 10.1. The van der Waals surface area contributed by atoms with Crippen LogP contribution in [-0.4, -0.2) is 42.3 Å². The number of amides is 1. The lowest BCUT2D eigenvalue weighted by Gasteiger charge is -2.10. The van der Waals surface area contributed by atoms with E-state index in [9.17, 15) is 13.2 Å². The van der Waals surface area contributed by atoms with Crippen LogP contribution < -0.4 is 10.6 Å². The summed E-state index contributed by atoms with van der Waals surface area (Å²) < 4.78 is 23.3. The molecule has 2 N–H and O–H groups in total. The smallest absolute Gasteiger partial charge is 0.255 e. The first-order valence-corrected chi connectivity index (χ1v) is 11.7. The van der Waals surface area contributed by atoms with Gasteiger partial charge in [0, 0.05) is 22.2 Å². The molecule has 0 unspecified atom stereocenters. The van der Waals surface area contributed by atoms with E-state index in [0.717, 1.165) is 16.9 Å². The Morgan fingerprint density at radius 1 is 1.07 bits per heavy atom. The number of fused-ring (bicyclic) bond motifs is 1. The molecule has 28 heavy (non-hydrogen) atoms. The molecule has 6 nitrogen and oxygen atoms in total. The molecule has 0 aromatic heterocycles. The van der Waals surface area contributed by atoms with Gasteiger partial charge < -0.3 is 10.6 Å². The summed E-state index contributed by atoms with van der Waals surface area (Å²) >= 11 is 1.46. The molecule has 2 heterocycles. The highest BCUT2D eigenvalue weighted by Gasteiger charge is 2.42. The molecular formula is C20H21N3O3S2. The Bertz CT molecular complexity index is 1080. The largest absolute Gasteiger partial charge is 0.335 e. The molecule has 0 spiro atoms. The van der Waals surface area contributed by atoms with Gasteiger partial charge in [-0.15, -0.1) is 0 Å². The lowest BCUT2D eigenvalue weighted by Crippen LogP contribution is -2.14. The molecule has 0 radical (unpaired) electrons. The Morgan fingerprint density at radius 2 is 1.89 bits per heavy atom. The lowest BCUT2D eigenvalue weighted by molar-refractivity contribution is 0.102. The van der Waals surface area contributed by atoms with Crippen molar-refractivity contribution in [2.45, 2.75) is 25.1 Å². The molecular weight excluding hydrogens is 394 g/mol. The number of nitrogens with zero attached hydrogens (tertiary/aromatic N) is 1. The second kappa shape index (κ2) is 7.25. The minimum absolute atomic E-state index is 0.0104. The second-order valence-corrected chi connectivity index (χ2v) is 10.6. The van der Waals surface area contributed by atoms with Gasteiger partial charge in [0.05, 0.1) is 17.5 Å². The molecule has 2 aromatic rings. The fourth-order valence-electron chi connectivity index (χ4n) is 3.30. The average molecular weight is 416 g/mol. The third kappa shape index (κ3) is 4.07. The topological polar surface area (TPSA) is 87.6 Å². The quantitative estimate of drug-likeness (QED) is 0.804. The second-order valence-electron chi connectivity index (χ2n) is 7.19. The standard InChI is InChI=1S/C20H21N3O3S2/c1-12-6-7-16(8-13(12)2)21-19(24)14-4-3-5-15(9-14)22-20-23-17-10-28(25,26)11-18(17)27-20/h3-9,17-18H,10-11H2,1-2H3,(H,21,24)(H,22,23)/t17-,18+/m1/s1. The number of benzene rings is 2. The molecule has 1 amide bonds. The zero-order chi connectivity index (χ0) is 19.9. The summed E-state index contributed by atoms with van der Waals surface area (Å²) in [5.41, 5.74) is 4.35. The van der Waals surface area contributed by atoms with E-state index < -0.39 is 9.84 Å². The van der Waals surface area contributed by atoms with Crippen LogP contribution in [0.15, 0.2) is 47.5 Å². The van der Waals surface area contributed by atoms with Gasteiger partial charge in [-0.05, 0) is 55.3 Å². The maximum Gasteiger partial charge on any atom is 0.255 e. The first kappa shape index (κ1) is 19.0. The highest BCUT2D eigenvalue weighted by atomic mass is 32.2. The fourth-order valence-corrected chi connectivity index (χ4v) is 6.98. The molecule has 8 heteroatoms. The predicted molar refractivity (Wildman–Crippen MR) is 115 cm³/mol. The van der Waals surface area contributed by atoms with Crippen molar-refractivity contribution in [3.8, 4) is 0 Å². The van der Waals surface area contributed by atoms with E-state index >= 15 is 0 Å². The number of aliphatic imine (C=N–C) groups is 1. The van der Waals surface area contributed by atoms with Crippen LogP contribution in [-0.2, 0) is 9.84 Å². The van der Waals surface area contributed by atoms with E-state index in [-0.39, 0.29) is 28.7 Å². The van der Waals surface area contributed by atoms with E-state index in [2.05, 4.69) is 15.6 Å². The van der Waals surface area contributed by atoms with Gasteiger partial charge in [-0.2, -0.15) is 0 Å². The molecule has 1 saturated heterocycles. The summed E-state index contributed by atoms with van der Waals surface area (Å²) in [6.07, 6.45) is 0. The van der Waals surface area contributed by atoms with Crippen LogP contribution in [0.25, 0.3) is 0 Å². The number of nitrogens with one attached hydrogen (secondary N) is 2. The van der Waals surface area contributed by atoms with Crippen molar-refractivity contribution in [2.75, 3.05) is 22.1 Å². The number of carbonyl (C=O) groups is 1. The minimum Gasteiger partial charge on any atom is -0.335 e. The number of hydrogen-bond donors (Lipinski definition) is 2. The molecule has 2 atom stereocenters. The Morgan fingerprint density at radius 3 is 2.64 bits per heavy atom. The molecule has 2 aliphatic heterocycles. The highest BCUT2D eigenvalue weighted by molar-refractivity contribution is 8.15. The third-order valence-corrected chi connectivity index (χ3v) is 8.10.